The molecule has 34 heavy (non-hydrogen) atoms. The summed E-state index contributed by atoms with van der Waals surface area (Å²) in [7, 11) is 0. The van der Waals surface area contributed by atoms with Crippen LogP contribution in [0.3, 0.4) is 0 Å². The molecule has 0 amide bonds. The van der Waals surface area contributed by atoms with Gasteiger partial charge in [-0.3, -0.25) is 18.9 Å². The maximum atomic E-state index is 13.0. The summed E-state index contributed by atoms with van der Waals surface area (Å²) in [5, 5.41) is 29.4. The molecule has 0 aliphatic carbocycles. The highest BCUT2D eigenvalue weighted by Crippen LogP contribution is 2.31. The van der Waals surface area contributed by atoms with Gasteiger partial charge in [0.15, 0.2) is 6.23 Å². The summed E-state index contributed by atoms with van der Waals surface area (Å²) < 4.78 is 45.6. The zero-order chi connectivity index (χ0) is 24.6. The lowest BCUT2D eigenvalue weighted by Gasteiger charge is -2.18. The number of aliphatic hydroxyl groups excluding tert-OH is 3. The molecule has 4 rings (SSSR count). The minimum absolute atomic E-state index is 0.262. The van der Waals surface area contributed by atoms with Crippen molar-refractivity contribution in [3.05, 3.63) is 87.0 Å². The van der Waals surface area contributed by atoms with Crippen LogP contribution in [0.1, 0.15) is 17.5 Å². The van der Waals surface area contributed by atoms with Gasteiger partial charge in [-0.2, -0.15) is 13.2 Å². The Morgan fingerprint density at radius 3 is 2.32 bits per heavy atom. The molecule has 4 atom stereocenters. The smallest absolute Gasteiger partial charge is 0.394 e. The standard InChI is InChI=1S/C22H20F3N3O6/c23-22(24,25)14-3-1-12(2-4-14)13-5-7-26-15(9-13)10-28-17(30)6-8-27(21(28)33)20-19(32)18(31)16(11-29)34-20/h1-9,16,18-20,29,31-32H,10-11H2/t16-,18?,19?,20-/m1/s1. The number of alkyl halides is 3. The lowest BCUT2D eigenvalue weighted by Crippen LogP contribution is -2.43. The van der Waals surface area contributed by atoms with Crippen molar-refractivity contribution < 1.29 is 33.2 Å². The van der Waals surface area contributed by atoms with Gasteiger partial charge in [-0.05, 0) is 35.4 Å². The number of aliphatic hydroxyl groups is 3. The zero-order valence-corrected chi connectivity index (χ0v) is 17.5. The average molecular weight is 479 g/mol. The van der Waals surface area contributed by atoms with Crippen LogP contribution in [0.4, 0.5) is 13.2 Å². The monoisotopic (exact) mass is 479 g/mol. The SMILES string of the molecule is O=c1ccn([C@@H]2O[C@H](CO)C(O)C2O)c(=O)n1Cc1cc(-c2ccc(C(F)(F)F)cc2)ccn1. The number of halogens is 3. The highest BCUT2D eigenvalue weighted by molar-refractivity contribution is 5.63. The lowest BCUT2D eigenvalue weighted by molar-refractivity contribution is -0.137. The molecule has 9 nitrogen and oxygen atoms in total. The van der Waals surface area contributed by atoms with Gasteiger partial charge in [-0.15, -0.1) is 0 Å². The van der Waals surface area contributed by atoms with Gasteiger partial charge >= 0.3 is 11.9 Å². The Bertz CT molecular complexity index is 1290. The Balaban J connectivity index is 1.63. The summed E-state index contributed by atoms with van der Waals surface area (Å²) in [6, 6.07) is 8.73. The predicted octanol–water partition coefficient (Wildman–Crippen LogP) is 0.751. The minimum Gasteiger partial charge on any atom is -0.394 e. The van der Waals surface area contributed by atoms with Crippen LogP contribution in [0.2, 0.25) is 0 Å². The van der Waals surface area contributed by atoms with Crippen molar-refractivity contribution in [1.29, 1.82) is 0 Å². The van der Waals surface area contributed by atoms with E-state index in [-0.39, 0.29) is 12.2 Å². The first-order valence-corrected chi connectivity index (χ1v) is 10.2. The van der Waals surface area contributed by atoms with Crippen molar-refractivity contribution in [3.63, 3.8) is 0 Å². The Labute approximate surface area is 189 Å². The van der Waals surface area contributed by atoms with Crippen LogP contribution in [-0.4, -0.2) is 54.4 Å². The molecule has 3 heterocycles. The van der Waals surface area contributed by atoms with Crippen LogP contribution in [0.25, 0.3) is 11.1 Å². The number of nitrogens with zero attached hydrogens (tertiary/aromatic N) is 3. The number of ether oxygens (including phenoxy) is 1. The van der Waals surface area contributed by atoms with E-state index >= 15 is 0 Å². The van der Waals surface area contributed by atoms with E-state index in [9.17, 15) is 38.1 Å². The Morgan fingerprint density at radius 2 is 1.71 bits per heavy atom. The molecule has 0 saturated carbocycles. The minimum atomic E-state index is -4.46. The third-order valence-electron chi connectivity index (χ3n) is 5.57. The number of hydrogen-bond donors (Lipinski definition) is 3. The summed E-state index contributed by atoms with van der Waals surface area (Å²) in [6.07, 6.45) is -7.30. The largest absolute Gasteiger partial charge is 0.416 e. The summed E-state index contributed by atoms with van der Waals surface area (Å²) in [5.41, 5.74) is -0.978. The van der Waals surface area contributed by atoms with E-state index in [4.69, 9.17) is 4.74 Å². The highest BCUT2D eigenvalue weighted by Gasteiger charge is 2.43. The topological polar surface area (TPSA) is 127 Å². The van der Waals surface area contributed by atoms with Gasteiger partial charge in [-0.1, -0.05) is 12.1 Å². The van der Waals surface area contributed by atoms with Gasteiger partial charge < -0.3 is 20.1 Å². The molecule has 1 aliphatic heterocycles. The van der Waals surface area contributed by atoms with E-state index < -0.39 is 54.1 Å². The average Bonchev–Trinajstić information content (AvgIpc) is 3.10. The molecule has 2 unspecified atom stereocenters. The van der Waals surface area contributed by atoms with Crippen molar-refractivity contribution in [2.75, 3.05) is 6.61 Å². The van der Waals surface area contributed by atoms with E-state index in [1.165, 1.54) is 24.4 Å². The summed E-state index contributed by atoms with van der Waals surface area (Å²) in [5.74, 6) is 0. The van der Waals surface area contributed by atoms with Crippen molar-refractivity contribution in [1.82, 2.24) is 14.1 Å². The molecule has 3 aromatic rings. The molecule has 0 spiro atoms. The van der Waals surface area contributed by atoms with E-state index in [2.05, 4.69) is 4.98 Å². The van der Waals surface area contributed by atoms with Crippen molar-refractivity contribution in [3.8, 4) is 11.1 Å². The van der Waals surface area contributed by atoms with Gasteiger partial charge in [0.2, 0.25) is 0 Å². The second-order valence-electron chi connectivity index (χ2n) is 7.77. The second-order valence-corrected chi connectivity index (χ2v) is 7.77. The molecule has 0 bridgehead atoms. The quantitative estimate of drug-likeness (QED) is 0.493. The number of pyridine rings is 1. The molecule has 12 heteroatoms. The molecule has 1 aromatic carbocycles. The van der Waals surface area contributed by atoms with Crippen LogP contribution in [0.5, 0.6) is 0 Å². The fraction of sp³-hybridized carbons (Fsp3) is 0.318. The molecule has 2 aromatic heterocycles. The zero-order valence-electron chi connectivity index (χ0n) is 17.5. The van der Waals surface area contributed by atoms with Crippen molar-refractivity contribution in [2.24, 2.45) is 0 Å². The van der Waals surface area contributed by atoms with Gasteiger partial charge in [0.1, 0.15) is 18.3 Å². The van der Waals surface area contributed by atoms with Gasteiger partial charge in [-0.25, -0.2) is 4.79 Å². The Kier molecular flexibility index (Phi) is 6.41. The summed E-state index contributed by atoms with van der Waals surface area (Å²) in [6.45, 7) is -0.842. The fourth-order valence-electron chi connectivity index (χ4n) is 3.74. The highest BCUT2D eigenvalue weighted by atomic mass is 19.4. The molecular formula is C22H20F3N3O6. The molecule has 1 aliphatic rings. The van der Waals surface area contributed by atoms with Crippen LogP contribution in [-0.2, 0) is 17.5 Å². The van der Waals surface area contributed by atoms with Crippen LogP contribution >= 0.6 is 0 Å². The van der Waals surface area contributed by atoms with E-state index in [1.807, 2.05) is 0 Å². The molecule has 1 fully saturated rings. The first kappa shape index (κ1) is 23.8. The molecule has 3 N–H and O–H groups in total. The van der Waals surface area contributed by atoms with Gasteiger partial charge in [0.25, 0.3) is 5.56 Å². The number of aromatic nitrogens is 3. The Morgan fingerprint density at radius 1 is 1.00 bits per heavy atom. The number of benzene rings is 1. The fourth-order valence-corrected chi connectivity index (χ4v) is 3.74. The first-order valence-electron chi connectivity index (χ1n) is 10.2. The van der Waals surface area contributed by atoms with E-state index in [0.29, 0.717) is 11.1 Å². The number of rotatable bonds is 5. The van der Waals surface area contributed by atoms with Crippen molar-refractivity contribution in [2.45, 2.75) is 37.3 Å². The summed E-state index contributed by atoms with van der Waals surface area (Å²) >= 11 is 0. The normalized spacial score (nSPS) is 22.8. The number of hydrogen-bond acceptors (Lipinski definition) is 7. The van der Waals surface area contributed by atoms with Crippen molar-refractivity contribution >= 4 is 0 Å². The lowest BCUT2D eigenvalue weighted by atomic mass is 10.0. The third-order valence-corrected chi connectivity index (χ3v) is 5.57. The predicted molar refractivity (Wildman–Crippen MR) is 112 cm³/mol. The third kappa shape index (κ3) is 4.53. The maximum absolute atomic E-state index is 13.0. The molecule has 180 valence electrons. The molecule has 0 radical (unpaired) electrons. The second kappa shape index (κ2) is 9.14. The van der Waals surface area contributed by atoms with E-state index in [1.54, 1.807) is 6.07 Å². The summed E-state index contributed by atoms with van der Waals surface area (Å²) in [4.78, 5) is 29.5. The van der Waals surface area contributed by atoms with E-state index in [0.717, 1.165) is 33.5 Å². The first-order chi connectivity index (χ1) is 16.1. The molecular weight excluding hydrogens is 459 g/mol. The maximum Gasteiger partial charge on any atom is 0.416 e. The molecule has 1 saturated heterocycles. The Hall–Kier alpha value is -3.32. The van der Waals surface area contributed by atoms with Gasteiger partial charge in [0, 0.05) is 18.5 Å². The van der Waals surface area contributed by atoms with Crippen LogP contribution < -0.4 is 11.2 Å². The van der Waals surface area contributed by atoms with Gasteiger partial charge in [0.05, 0.1) is 24.4 Å². The van der Waals surface area contributed by atoms with Crippen LogP contribution in [0.15, 0.2) is 64.4 Å². The van der Waals surface area contributed by atoms with Crippen LogP contribution in [0, 0.1) is 0 Å².